The van der Waals surface area contributed by atoms with Crippen LogP contribution in [0.4, 0.5) is 8.78 Å². The van der Waals surface area contributed by atoms with Crippen LogP contribution in [-0.4, -0.2) is 13.0 Å². The van der Waals surface area contributed by atoms with Gasteiger partial charge in [0, 0.05) is 18.4 Å². The number of hydrogen-bond donors (Lipinski definition) is 1. The van der Waals surface area contributed by atoms with Gasteiger partial charge in [-0.1, -0.05) is 37.1 Å². The molecular formula is C15H21F2N. The molecule has 1 aromatic rings. The van der Waals surface area contributed by atoms with E-state index in [1.54, 1.807) is 0 Å². The Morgan fingerprint density at radius 1 is 1.11 bits per heavy atom. The Labute approximate surface area is 107 Å². The van der Waals surface area contributed by atoms with Crippen LogP contribution in [0.2, 0.25) is 0 Å². The number of benzene rings is 1. The lowest BCUT2D eigenvalue weighted by Gasteiger charge is -2.28. The van der Waals surface area contributed by atoms with Crippen molar-refractivity contribution >= 4 is 0 Å². The van der Waals surface area contributed by atoms with Gasteiger partial charge in [0.25, 0.3) is 0 Å². The number of nitrogens with two attached hydrogens (primary N) is 1. The fraction of sp³-hybridized carbons (Fsp3) is 0.600. The second-order valence-electron chi connectivity index (χ2n) is 5.32. The zero-order valence-electron chi connectivity index (χ0n) is 10.7. The van der Waals surface area contributed by atoms with E-state index >= 15 is 0 Å². The minimum Gasteiger partial charge on any atom is -0.330 e. The standard InChI is InChI=1S/C15H21F2N/c16-14(17)8-5-12-3-6-13(7-4-12)15(11-18)9-1-2-10-15/h3-4,6-7,14H,1-2,5,8-11,18H2. The van der Waals surface area contributed by atoms with Crippen molar-refractivity contribution in [3.8, 4) is 0 Å². The number of hydrogen-bond acceptors (Lipinski definition) is 1. The molecule has 0 unspecified atom stereocenters. The molecule has 0 bridgehead atoms. The quantitative estimate of drug-likeness (QED) is 0.851. The first-order valence-corrected chi connectivity index (χ1v) is 6.74. The highest BCUT2D eigenvalue weighted by Crippen LogP contribution is 2.40. The largest absolute Gasteiger partial charge is 0.330 e. The molecule has 3 heteroatoms. The van der Waals surface area contributed by atoms with Crippen molar-refractivity contribution < 1.29 is 8.78 Å². The molecule has 1 saturated carbocycles. The van der Waals surface area contributed by atoms with E-state index in [4.69, 9.17) is 5.73 Å². The summed E-state index contributed by atoms with van der Waals surface area (Å²) in [5.41, 5.74) is 8.35. The lowest BCUT2D eigenvalue weighted by atomic mass is 9.79. The molecule has 2 N–H and O–H groups in total. The molecule has 0 spiro atoms. The van der Waals surface area contributed by atoms with Crippen molar-refractivity contribution in [1.29, 1.82) is 0 Å². The van der Waals surface area contributed by atoms with E-state index in [1.165, 1.54) is 18.4 Å². The Hall–Kier alpha value is -0.960. The van der Waals surface area contributed by atoms with Gasteiger partial charge >= 0.3 is 0 Å². The summed E-state index contributed by atoms with van der Waals surface area (Å²) in [4.78, 5) is 0. The minimum atomic E-state index is -2.21. The van der Waals surface area contributed by atoms with Gasteiger partial charge < -0.3 is 5.73 Å². The first kappa shape index (κ1) is 13.5. The molecule has 1 nitrogen and oxygen atoms in total. The lowest BCUT2D eigenvalue weighted by molar-refractivity contribution is 0.138. The predicted molar refractivity (Wildman–Crippen MR) is 70.0 cm³/mol. The van der Waals surface area contributed by atoms with E-state index < -0.39 is 6.43 Å². The summed E-state index contributed by atoms with van der Waals surface area (Å²) >= 11 is 0. The zero-order valence-corrected chi connectivity index (χ0v) is 10.7. The third-order valence-electron chi connectivity index (χ3n) is 4.17. The highest BCUT2D eigenvalue weighted by atomic mass is 19.3. The molecule has 0 amide bonds. The molecule has 18 heavy (non-hydrogen) atoms. The van der Waals surface area contributed by atoms with Crippen molar-refractivity contribution in [1.82, 2.24) is 0 Å². The van der Waals surface area contributed by atoms with Crippen LogP contribution < -0.4 is 5.73 Å². The molecule has 0 radical (unpaired) electrons. The second-order valence-corrected chi connectivity index (χ2v) is 5.32. The molecular weight excluding hydrogens is 232 g/mol. The summed E-state index contributed by atoms with van der Waals surface area (Å²) < 4.78 is 24.3. The number of rotatable bonds is 5. The number of alkyl halides is 2. The first-order chi connectivity index (χ1) is 8.66. The monoisotopic (exact) mass is 253 g/mol. The van der Waals surface area contributed by atoms with E-state index in [0.717, 1.165) is 18.4 Å². The molecule has 2 rings (SSSR count). The van der Waals surface area contributed by atoms with E-state index in [2.05, 4.69) is 12.1 Å². The van der Waals surface area contributed by atoms with Gasteiger partial charge in [-0.2, -0.15) is 0 Å². The van der Waals surface area contributed by atoms with E-state index in [1.807, 2.05) is 12.1 Å². The number of halogens is 2. The average molecular weight is 253 g/mol. The van der Waals surface area contributed by atoms with Crippen LogP contribution in [0.1, 0.15) is 43.2 Å². The maximum Gasteiger partial charge on any atom is 0.239 e. The van der Waals surface area contributed by atoms with Crippen molar-refractivity contribution in [3.05, 3.63) is 35.4 Å². The highest BCUT2D eigenvalue weighted by Gasteiger charge is 2.33. The summed E-state index contributed by atoms with van der Waals surface area (Å²) in [5.74, 6) is 0. The third kappa shape index (κ3) is 2.89. The van der Waals surface area contributed by atoms with Crippen LogP contribution in [0.5, 0.6) is 0 Å². The van der Waals surface area contributed by atoms with Crippen molar-refractivity contribution in [2.24, 2.45) is 5.73 Å². The van der Waals surface area contributed by atoms with Crippen LogP contribution in [0.15, 0.2) is 24.3 Å². The van der Waals surface area contributed by atoms with Crippen LogP contribution in [0, 0.1) is 0 Å². The van der Waals surface area contributed by atoms with Gasteiger partial charge in [-0.05, 0) is 30.4 Å². The highest BCUT2D eigenvalue weighted by molar-refractivity contribution is 5.30. The maximum atomic E-state index is 12.1. The fourth-order valence-corrected chi connectivity index (χ4v) is 2.96. The Bertz CT molecular complexity index is 367. The lowest BCUT2D eigenvalue weighted by Crippen LogP contribution is -2.31. The molecule has 1 fully saturated rings. The molecule has 1 aliphatic carbocycles. The molecule has 1 aliphatic rings. The first-order valence-electron chi connectivity index (χ1n) is 6.74. The van der Waals surface area contributed by atoms with Gasteiger partial charge in [0.1, 0.15) is 0 Å². The van der Waals surface area contributed by atoms with Crippen molar-refractivity contribution in [3.63, 3.8) is 0 Å². The molecule has 0 aromatic heterocycles. The zero-order chi connectivity index (χ0) is 13.0. The van der Waals surface area contributed by atoms with E-state index in [9.17, 15) is 8.78 Å². The smallest absolute Gasteiger partial charge is 0.239 e. The molecule has 100 valence electrons. The topological polar surface area (TPSA) is 26.0 Å². The predicted octanol–water partition coefficient (Wildman–Crippen LogP) is 3.65. The van der Waals surface area contributed by atoms with E-state index in [0.29, 0.717) is 13.0 Å². The molecule has 0 heterocycles. The van der Waals surface area contributed by atoms with Gasteiger partial charge in [0.15, 0.2) is 0 Å². The molecule has 1 aromatic carbocycles. The summed E-state index contributed by atoms with van der Waals surface area (Å²) in [6.07, 6.45) is 2.97. The summed E-state index contributed by atoms with van der Waals surface area (Å²) in [7, 11) is 0. The van der Waals surface area contributed by atoms with Crippen LogP contribution in [-0.2, 0) is 11.8 Å². The minimum absolute atomic E-state index is 0.0542. The number of aryl methyl sites for hydroxylation is 1. The van der Waals surface area contributed by atoms with Crippen molar-refractivity contribution in [2.75, 3.05) is 6.54 Å². The third-order valence-corrected chi connectivity index (χ3v) is 4.17. The average Bonchev–Trinajstić information content (AvgIpc) is 2.87. The molecule has 0 saturated heterocycles. The molecule has 0 aliphatic heterocycles. The van der Waals surface area contributed by atoms with E-state index in [-0.39, 0.29) is 11.8 Å². The Balaban J connectivity index is 2.07. The Morgan fingerprint density at radius 3 is 2.22 bits per heavy atom. The SMILES string of the molecule is NCC1(c2ccc(CCC(F)F)cc2)CCCC1. The van der Waals surface area contributed by atoms with Gasteiger partial charge in [0.2, 0.25) is 6.43 Å². The Morgan fingerprint density at radius 2 is 1.72 bits per heavy atom. The van der Waals surface area contributed by atoms with Crippen LogP contribution in [0.3, 0.4) is 0 Å². The summed E-state index contributed by atoms with van der Waals surface area (Å²) in [6, 6.07) is 8.12. The van der Waals surface area contributed by atoms with Crippen molar-refractivity contribution in [2.45, 2.75) is 50.4 Å². The van der Waals surface area contributed by atoms with Crippen LogP contribution in [0.25, 0.3) is 0 Å². The van der Waals surface area contributed by atoms with Gasteiger partial charge in [0.05, 0.1) is 0 Å². The van der Waals surface area contributed by atoms with Gasteiger partial charge in [-0.3, -0.25) is 0 Å². The molecule has 0 atom stereocenters. The summed E-state index contributed by atoms with van der Waals surface area (Å²) in [5, 5.41) is 0. The van der Waals surface area contributed by atoms with Gasteiger partial charge in [-0.15, -0.1) is 0 Å². The maximum absolute atomic E-state index is 12.1. The second kappa shape index (κ2) is 5.79. The Kier molecular flexibility index (Phi) is 4.33. The normalized spacial score (nSPS) is 18.4. The van der Waals surface area contributed by atoms with Crippen LogP contribution >= 0.6 is 0 Å². The van der Waals surface area contributed by atoms with Gasteiger partial charge in [-0.25, -0.2) is 8.78 Å². The summed E-state index contributed by atoms with van der Waals surface area (Å²) in [6.45, 7) is 0.684. The fourth-order valence-electron chi connectivity index (χ4n) is 2.96.